The van der Waals surface area contributed by atoms with E-state index >= 15 is 0 Å². The summed E-state index contributed by atoms with van der Waals surface area (Å²) in [6, 6.07) is 26.5. The Morgan fingerprint density at radius 2 is 1.19 bits per heavy atom. The third kappa shape index (κ3) is 2.35. The van der Waals surface area contributed by atoms with E-state index in [9.17, 15) is 0 Å². The quantitative estimate of drug-likeness (QED) is 0.440. The van der Waals surface area contributed by atoms with Crippen LogP contribution < -0.4 is 5.19 Å². The molecule has 4 heteroatoms. The molecule has 5 aromatic rings. The zero-order chi connectivity index (χ0) is 17.5. The molecule has 121 valence electrons. The zero-order valence-electron chi connectivity index (χ0n) is 13.8. The lowest BCUT2D eigenvalue weighted by Gasteiger charge is -2.05. The van der Waals surface area contributed by atoms with Crippen molar-refractivity contribution in [1.82, 2.24) is 10.2 Å². The molecule has 0 saturated heterocycles. The van der Waals surface area contributed by atoms with Gasteiger partial charge in [0.2, 0.25) is 11.8 Å². The molecule has 0 aliphatic carbocycles. The second-order valence-corrected chi connectivity index (χ2v) is 6.68. The number of hydrogen-bond acceptors (Lipinski definition) is 3. The summed E-state index contributed by atoms with van der Waals surface area (Å²) in [5, 5.41) is 14.1. The van der Waals surface area contributed by atoms with Gasteiger partial charge in [-0.05, 0) is 33.7 Å². The van der Waals surface area contributed by atoms with Gasteiger partial charge in [-0.25, -0.2) is 0 Å². The number of aromatic nitrogens is 2. The molecule has 0 fully saturated rings. The maximum absolute atomic E-state index is 6.07. The molecule has 26 heavy (non-hydrogen) atoms. The van der Waals surface area contributed by atoms with E-state index in [-0.39, 0.29) is 0 Å². The minimum absolute atomic E-state index is 0.524. The first-order valence-corrected chi connectivity index (χ1v) is 8.86. The Bertz CT molecular complexity index is 1250. The average Bonchev–Trinajstić information content (AvgIpc) is 3.18. The van der Waals surface area contributed by atoms with Crippen LogP contribution in [0.2, 0.25) is 0 Å². The Morgan fingerprint density at radius 3 is 2.00 bits per heavy atom. The molecule has 0 amide bonds. The summed E-state index contributed by atoms with van der Waals surface area (Å²) in [5.41, 5.74) is 1.88. The van der Waals surface area contributed by atoms with Gasteiger partial charge in [0.1, 0.15) is 0 Å². The maximum atomic E-state index is 6.07. The second-order valence-electron chi connectivity index (χ2n) is 6.15. The molecule has 0 aliphatic heterocycles. The van der Waals surface area contributed by atoms with E-state index in [1.165, 1.54) is 0 Å². The third-order valence-electron chi connectivity index (χ3n) is 4.60. The van der Waals surface area contributed by atoms with Crippen LogP contribution in [0, 0.1) is 0 Å². The van der Waals surface area contributed by atoms with Gasteiger partial charge in [-0.15, -0.1) is 10.2 Å². The van der Waals surface area contributed by atoms with Crippen LogP contribution in [0.3, 0.4) is 0 Å². The Hall–Kier alpha value is -3.24. The highest BCUT2D eigenvalue weighted by atomic mass is 28.1. The first kappa shape index (κ1) is 15.0. The van der Waals surface area contributed by atoms with E-state index in [1.54, 1.807) is 0 Å². The van der Waals surface area contributed by atoms with Crippen LogP contribution in [-0.4, -0.2) is 20.4 Å². The molecule has 0 saturated carbocycles. The fourth-order valence-corrected chi connectivity index (χ4v) is 3.64. The van der Waals surface area contributed by atoms with Gasteiger partial charge in [-0.2, -0.15) is 0 Å². The van der Waals surface area contributed by atoms with Gasteiger partial charge in [0.15, 0.2) is 0 Å². The summed E-state index contributed by atoms with van der Waals surface area (Å²) in [4.78, 5) is 0. The van der Waals surface area contributed by atoms with E-state index in [0.29, 0.717) is 11.8 Å². The molecule has 4 aromatic carbocycles. The molecule has 0 unspecified atom stereocenters. The van der Waals surface area contributed by atoms with Gasteiger partial charge < -0.3 is 4.42 Å². The molecule has 0 aliphatic rings. The van der Waals surface area contributed by atoms with Crippen molar-refractivity contribution in [3.05, 3.63) is 78.9 Å². The Balaban J connectivity index is 1.69. The number of fused-ring (bicyclic) bond motifs is 2. The van der Waals surface area contributed by atoms with Gasteiger partial charge in [-0.1, -0.05) is 71.9 Å². The van der Waals surface area contributed by atoms with Crippen LogP contribution in [0.15, 0.2) is 83.3 Å². The Labute approximate surface area is 153 Å². The molecular weight excluding hydrogens is 336 g/mol. The van der Waals surface area contributed by atoms with Crippen LogP contribution in [-0.2, 0) is 0 Å². The standard InChI is InChI=1S/C22H13N2OSi/c26-20-13-12-19(16-9-3-4-10-17(16)20)22-24-23-21(25-22)18-11-5-7-14-6-1-2-8-15(14)18/h1-13H. The lowest BCUT2D eigenvalue weighted by Crippen LogP contribution is -2.03. The molecule has 1 aromatic heterocycles. The van der Waals surface area contributed by atoms with Crippen molar-refractivity contribution >= 4 is 37.0 Å². The second kappa shape index (κ2) is 5.93. The van der Waals surface area contributed by atoms with Crippen molar-refractivity contribution in [3.63, 3.8) is 0 Å². The topological polar surface area (TPSA) is 38.9 Å². The summed E-state index contributed by atoms with van der Waals surface area (Å²) in [6.45, 7) is 0. The van der Waals surface area contributed by atoms with E-state index in [1.807, 2.05) is 48.5 Å². The molecule has 0 spiro atoms. The normalized spacial score (nSPS) is 11.3. The summed E-state index contributed by atoms with van der Waals surface area (Å²) < 4.78 is 6.07. The largest absolute Gasteiger partial charge is 0.416 e. The van der Waals surface area contributed by atoms with Gasteiger partial charge >= 0.3 is 0 Å². The van der Waals surface area contributed by atoms with Gasteiger partial charge in [0, 0.05) is 11.1 Å². The predicted octanol–water partition coefficient (Wildman–Crippen LogP) is 4.50. The Kier molecular flexibility index (Phi) is 3.43. The van der Waals surface area contributed by atoms with Crippen LogP contribution in [0.1, 0.15) is 0 Å². The van der Waals surface area contributed by atoms with E-state index in [0.717, 1.165) is 37.9 Å². The maximum Gasteiger partial charge on any atom is 0.248 e. The fourth-order valence-electron chi connectivity index (χ4n) is 3.34. The molecule has 3 nitrogen and oxygen atoms in total. The van der Waals surface area contributed by atoms with Crippen molar-refractivity contribution in [3.8, 4) is 22.9 Å². The van der Waals surface area contributed by atoms with Crippen LogP contribution in [0.25, 0.3) is 44.5 Å². The summed E-state index contributed by atoms with van der Waals surface area (Å²) in [7, 11) is 3.66. The minimum Gasteiger partial charge on any atom is -0.416 e. The monoisotopic (exact) mass is 349 g/mol. The van der Waals surface area contributed by atoms with E-state index in [4.69, 9.17) is 4.42 Å². The molecule has 0 bridgehead atoms. The van der Waals surface area contributed by atoms with Gasteiger partial charge in [-0.3, -0.25) is 0 Å². The van der Waals surface area contributed by atoms with Gasteiger partial charge in [0.05, 0.1) is 10.2 Å². The van der Waals surface area contributed by atoms with Crippen LogP contribution in [0.5, 0.6) is 0 Å². The molecule has 0 N–H and O–H groups in total. The first-order valence-electron chi connectivity index (χ1n) is 8.36. The highest BCUT2D eigenvalue weighted by Gasteiger charge is 2.15. The highest BCUT2D eigenvalue weighted by molar-refractivity contribution is 6.39. The number of nitrogens with zero attached hydrogens (tertiary/aromatic N) is 2. The smallest absolute Gasteiger partial charge is 0.248 e. The lowest BCUT2D eigenvalue weighted by molar-refractivity contribution is 0.586. The average molecular weight is 349 g/mol. The van der Waals surface area contributed by atoms with Crippen molar-refractivity contribution in [2.45, 2.75) is 0 Å². The minimum atomic E-state index is 0.524. The molecule has 3 radical (unpaired) electrons. The van der Waals surface area contributed by atoms with Crippen LogP contribution >= 0.6 is 0 Å². The number of rotatable bonds is 2. The van der Waals surface area contributed by atoms with Crippen molar-refractivity contribution in [2.24, 2.45) is 0 Å². The predicted molar refractivity (Wildman–Crippen MR) is 106 cm³/mol. The summed E-state index contributed by atoms with van der Waals surface area (Å²) >= 11 is 0. The van der Waals surface area contributed by atoms with E-state index < -0.39 is 0 Å². The molecule has 0 atom stereocenters. The fraction of sp³-hybridized carbons (Fsp3) is 0. The van der Waals surface area contributed by atoms with E-state index in [2.05, 4.69) is 50.8 Å². The SMILES string of the molecule is [Si]c1ccc(-c2nnc(-c3cccc4ccccc34)o2)c2ccccc12. The van der Waals surface area contributed by atoms with Crippen molar-refractivity contribution < 1.29 is 4.42 Å². The van der Waals surface area contributed by atoms with Crippen molar-refractivity contribution in [1.29, 1.82) is 0 Å². The third-order valence-corrected chi connectivity index (χ3v) is 5.04. The summed E-state index contributed by atoms with van der Waals surface area (Å²) in [6.07, 6.45) is 0. The Morgan fingerprint density at radius 1 is 0.577 bits per heavy atom. The van der Waals surface area contributed by atoms with Crippen molar-refractivity contribution in [2.75, 3.05) is 0 Å². The molecule has 5 rings (SSSR count). The lowest BCUT2D eigenvalue weighted by atomic mass is 10.0. The number of hydrogen-bond donors (Lipinski definition) is 0. The molecular formula is C22H13N2OSi. The number of benzene rings is 4. The van der Waals surface area contributed by atoms with Gasteiger partial charge in [0.25, 0.3) is 0 Å². The summed E-state index contributed by atoms with van der Waals surface area (Å²) in [5.74, 6) is 1.05. The first-order chi connectivity index (χ1) is 12.8. The zero-order valence-corrected chi connectivity index (χ0v) is 14.8. The van der Waals surface area contributed by atoms with Crippen LogP contribution in [0.4, 0.5) is 0 Å². The molecule has 1 heterocycles. The highest BCUT2D eigenvalue weighted by Crippen LogP contribution is 2.32.